The van der Waals surface area contributed by atoms with Crippen LogP contribution in [0.4, 0.5) is 0 Å². The van der Waals surface area contributed by atoms with E-state index in [2.05, 4.69) is 5.32 Å². The molecule has 2 fully saturated rings. The minimum Gasteiger partial charge on any atom is -0.469 e. The molecule has 1 amide bonds. The van der Waals surface area contributed by atoms with Crippen molar-refractivity contribution in [2.75, 3.05) is 14.2 Å². The summed E-state index contributed by atoms with van der Waals surface area (Å²) in [6.07, 6.45) is 2.33. The molecule has 2 saturated carbocycles. The molecular formula is C22H23NO5. The van der Waals surface area contributed by atoms with Gasteiger partial charge in [-0.25, -0.2) is 4.79 Å². The van der Waals surface area contributed by atoms with Crippen LogP contribution in [-0.4, -0.2) is 37.6 Å². The maximum atomic E-state index is 13.0. The fourth-order valence-corrected chi connectivity index (χ4v) is 5.02. The van der Waals surface area contributed by atoms with Crippen LogP contribution in [0.2, 0.25) is 0 Å². The molecule has 28 heavy (non-hydrogen) atoms. The van der Waals surface area contributed by atoms with E-state index in [1.807, 2.05) is 36.4 Å². The first kappa shape index (κ1) is 18.5. The minimum atomic E-state index is -1.04. The molecular weight excluding hydrogens is 358 g/mol. The van der Waals surface area contributed by atoms with E-state index in [9.17, 15) is 14.4 Å². The van der Waals surface area contributed by atoms with Gasteiger partial charge in [0.15, 0.2) is 0 Å². The van der Waals surface area contributed by atoms with Gasteiger partial charge in [-0.2, -0.15) is 0 Å². The molecule has 0 aliphatic heterocycles. The maximum absolute atomic E-state index is 13.0. The lowest BCUT2D eigenvalue weighted by Gasteiger charge is -2.61. The first-order chi connectivity index (χ1) is 13.4. The van der Waals surface area contributed by atoms with Crippen LogP contribution >= 0.6 is 0 Å². The second-order valence-corrected chi connectivity index (χ2v) is 8.04. The number of esters is 2. The standard InChI is InChI=1S/C22H23NO5/c1-27-19(25)15-10-21(11-15)12-22(13-21,20(26)28-2)23-18(24)17-9-5-7-14-6-3-4-8-16(14)17/h3-9,15H,10-13H2,1-2H3,(H,23,24). The third kappa shape index (κ3) is 2.84. The number of carbonyl (C=O) groups excluding carboxylic acids is 3. The highest BCUT2D eigenvalue weighted by Gasteiger charge is 2.65. The fourth-order valence-electron chi connectivity index (χ4n) is 5.02. The summed E-state index contributed by atoms with van der Waals surface area (Å²) in [5, 5.41) is 4.74. The Hall–Kier alpha value is -2.89. The topological polar surface area (TPSA) is 81.7 Å². The van der Waals surface area contributed by atoms with Crippen LogP contribution in [0, 0.1) is 11.3 Å². The van der Waals surface area contributed by atoms with Crippen molar-refractivity contribution in [3.63, 3.8) is 0 Å². The molecule has 2 aromatic rings. The van der Waals surface area contributed by atoms with Gasteiger partial charge in [0.25, 0.3) is 5.91 Å². The molecule has 0 saturated heterocycles. The average molecular weight is 381 g/mol. The lowest BCUT2D eigenvalue weighted by atomic mass is 9.45. The van der Waals surface area contributed by atoms with Crippen LogP contribution in [0.1, 0.15) is 36.0 Å². The summed E-state index contributed by atoms with van der Waals surface area (Å²) in [5.41, 5.74) is -0.605. The number of hydrogen-bond acceptors (Lipinski definition) is 5. The molecule has 6 nitrogen and oxygen atoms in total. The first-order valence-corrected chi connectivity index (χ1v) is 9.38. The number of fused-ring (bicyclic) bond motifs is 1. The maximum Gasteiger partial charge on any atom is 0.331 e. The number of methoxy groups -OCH3 is 2. The largest absolute Gasteiger partial charge is 0.469 e. The highest BCUT2D eigenvalue weighted by Crippen LogP contribution is 2.63. The molecule has 0 bridgehead atoms. The molecule has 1 spiro atoms. The smallest absolute Gasteiger partial charge is 0.331 e. The zero-order valence-corrected chi connectivity index (χ0v) is 16.0. The molecule has 2 aliphatic rings. The normalized spacial score (nSPS) is 28.1. The third-order valence-corrected chi connectivity index (χ3v) is 6.21. The predicted molar refractivity (Wildman–Crippen MR) is 103 cm³/mol. The van der Waals surface area contributed by atoms with Crippen molar-refractivity contribution < 1.29 is 23.9 Å². The van der Waals surface area contributed by atoms with Gasteiger partial charge in [-0.05, 0) is 47.9 Å². The number of ether oxygens (including phenoxy) is 2. The summed E-state index contributed by atoms with van der Waals surface area (Å²) in [7, 11) is 2.72. The fraction of sp³-hybridized carbons (Fsp3) is 0.409. The van der Waals surface area contributed by atoms with E-state index in [0.717, 1.165) is 10.8 Å². The van der Waals surface area contributed by atoms with Crippen LogP contribution < -0.4 is 5.32 Å². The van der Waals surface area contributed by atoms with Gasteiger partial charge in [0.1, 0.15) is 5.54 Å². The van der Waals surface area contributed by atoms with Crippen molar-refractivity contribution in [3.05, 3.63) is 48.0 Å². The van der Waals surface area contributed by atoms with Crippen LogP contribution in [0.25, 0.3) is 10.8 Å². The monoisotopic (exact) mass is 381 g/mol. The lowest BCUT2D eigenvalue weighted by molar-refractivity contribution is -0.177. The number of benzene rings is 2. The first-order valence-electron chi connectivity index (χ1n) is 9.38. The number of nitrogens with one attached hydrogen (secondary N) is 1. The Kier molecular flexibility index (Phi) is 4.37. The second-order valence-electron chi connectivity index (χ2n) is 8.04. The number of amides is 1. The highest BCUT2D eigenvalue weighted by molar-refractivity contribution is 6.08. The molecule has 0 heterocycles. The van der Waals surface area contributed by atoms with Gasteiger partial charge in [0.05, 0.1) is 20.1 Å². The Morgan fingerprint density at radius 2 is 1.64 bits per heavy atom. The number of carbonyl (C=O) groups is 3. The molecule has 0 atom stereocenters. The van der Waals surface area contributed by atoms with Gasteiger partial charge in [-0.3, -0.25) is 9.59 Å². The van der Waals surface area contributed by atoms with Crippen LogP contribution in [0.3, 0.4) is 0 Å². The molecule has 146 valence electrons. The molecule has 0 unspecified atom stereocenters. The van der Waals surface area contributed by atoms with Gasteiger partial charge in [0.2, 0.25) is 0 Å². The Labute approximate surface area is 163 Å². The van der Waals surface area contributed by atoms with Crippen molar-refractivity contribution in [2.45, 2.75) is 31.2 Å². The van der Waals surface area contributed by atoms with Gasteiger partial charge in [-0.15, -0.1) is 0 Å². The van der Waals surface area contributed by atoms with Gasteiger partial charge < -0.3 is 14.8 Å². The van der Waals surface area contributed by atoms with Crippen molar-refractivity contribution in [2.24, 2.45) is 11.3 Å². The summed E-state index contributed by atoms with van der Waals surface area (Å²) in [5.74, 6) is -1.05. The van der Waals surface area contributed by atoms with E-state index in [-0.39, 0.29) is 23.2 Å². The Balaban J connectivity index is 1.53. The van der Waals surface area contributed by atoms with E-state index in [0.29, 0.717) is 31.2 Å². The predicted octanol–water partition coefficient (Wildman–Crippen LogP) is 2.84. The number of rotatable bonds is 4. The highest BCUT2D eigenvalue weighted by atomic mass is 16.5. The second kappa shape index (κ2) is 6.62. The Morgan fingerprint density at radius 1 is 0.964 bits per heavy atom. The molecule has 6 heteroatoms. The van der Waals surface area contributed by atoms with Gasteiger partial charge >= 0.3 is 11.9 Å². The molecule has 0 aromatic heterocycles. The molecule has 2 aromatic carbocycles. The number of hydrogen-bond donors (Lipinski definition) is 1. The third-order valence-electron chi connectivity index (χ3n) is 6.21. The van der Waals surface area contributed by atoms with Crippen LogP contribution in [0.5, 0.6) is 0 Å². The summed E-state index contributed by atoms with van der Waals surface area (Å²) in [6.45, 7) is 0. The van der Waals surface area contributed by atoms with Crippen LogP contribution in [-0.2, 0) is 19.1 Å². The molecule has 2 aliphatic carbocycles. The van der Waals surface area contributed by atoms with Crippen LogP contribution in [0.15, 0.2) is 42.5 Å². The van der Waals surface area contributed by atoms with Crippen molar-refractivity contribution in [1.82, 2.24) is 5.32 Å². The zero-order chi connectivity index (χ0) is 19.9. The van der Waals surface area contributed by atoms with Crippen molar-refractivity contribution in [3.8, 4) is 0 Å². The Morgan fingerprint density at radius 3 is 2.32 bits per heavy atom. The summed E-state index contributed by atoms with van der Waals surface area (Å²) >= 11 is 0. The summed E-state index contributed by atoms with van der Waals surface area (Å²) in [6, 6.07) is 13.2. The van der Waals surface area contributed by atoms with Crippen molar-refractivity contribution in [1.29, 1.82) is 0 Å². The van der Waals surface area contributed by atoms with E-state index in [1.54, 1.807) is 6.07 Å². The SMILES string of the molecule is COC(=O)C1CC2(C1)CC(NC(=O)c1cccc3ccccc13)(C(=O)OC)C2. The lowest BCUT2D eigenvalue weighted by Crippen LogP contribution is -2.70. The molecule has 1 N–H and O–H groups in total. The van der Waals surface area contributed by atoms with Gasteiger partial charge in [-0.1, -0.05) is 36.4 Å². The Bertz CT molecular complexity index is 947. The molecule has 4 rings (SSSR count). The van der Waals surface area contributed by atoms with Crippen molar-refractivity contribution >= 4 is 28.6 Å². The van der Waals surface area contributed by atoms with E-state index < -0.39 is 11.5 Å². The van der Waals surface area contributed by atoms with E-state index in [4.69, 9.17) is 9.47 Å². The zero-order valence-electron chi connectivity index (χ0n) is 16.0. The molecule has 0 radical (unpaired) electrons. The minimum absolute atomic E-state index is 0.0981. The van der Waals surface area contributed by atoms with Gasteiger partial charge in [0, 0.05) is 5.56 Å². The van der Waals surface area contributed by atoms with E-state index >= 15 is 0 Å². The summed E-state index contributed by atoms with van der Waals surface area (Å²) in [4.78, 5) is 37.2. The quantitative estimate of drug-likeness (QED) is 0.824. The summed E-state index contributed by atoms with van der Waals surface area (Å²) < 4.78 is 9.79. The average Bonchev–Trinajstić information content (AvgIpc) is 2.66. The van der Waals surface area contributed by atoms with E-state index in [1.165, 1.54) is 14.2 Å².